The molecular weight excluding hydrogens is 459 g/mol. The molecule has 0 bridgehead atoms. The standard InChI is InChI=1S/C25H24ClFN4O3/c1-14-13-30(25(33)34)8-9-31(14)24(32)16-3-6-19-22(11-16)29-21-10-15(2-5-18(21)23(19)26)20-7-4-17(27)12-28-20/h3-4,6-7,11-12,14-15H,2,5,8-10,13H2,1H3,(H,33,34)/t14-,15?/m0/s1. The van der Waals surface area contributed by atoms with Gasteiger partial charge in [0.2, 0.25) is 0 Å². The Morgan fingerprint density at radius 2 is 2.03 bits per heavy atom. The van der Waals surface area contributed by atoms with Crippen molar-refractivity contribution >= 4 is 34.5 Å². The lowest BCUT2D eigenvalue weighted by Crippen LogP contribution is -2.55. The van der Waals surface area contributed by atoms with Crippen molar-refractivity contribution in [3.8, 4) is 0 Å². The average molecular weight is 483 g/mol. The minimum Gasteiger partial charge on any atom is -0.465 e. The van der Waals surface area contributed by atoms with Crippen LogP contribution in [0.2, 0.25) is 5.02 Å². The zero-order chi connectivity index (χ0) is 24.0. The minimum absolute atomic E-state index is 0.130. The second-order valence-electron chi connectivity index (χ2n) is 9.00. The zero-order valence-electron chi connectivity index (χ0n) is 18.7. The molecule has 1 aromatic carbocycles. The van der Waals surface area contributed by atoms with Gasteiger partial charge in [0.15, 0.2) is 0 Å². The zero-order valence-corrected chi connectivity index (χ0v) is 19.4. The van der Waals surface area contributed by atoms with E-state index < -0.39 is 6.09 Å². The minimum atomic E-state index is -0.970. The van der Waals surface area contributed by atoms with Gasteiger partial charge in [0, 0.05) is 53.9 Å². The van der Waals surface area contributed by atoms with E-state index in [2.05, 4.69) is 4.98 Å². The van der Waals surface area contributed by atoms with Crippen molar-refractivity contribution in [3.05, 3.63) is 69.9 Å². The maximum absolute atomic E-state index is 13.3. The monoisotopic (exact) mass is 482 g/mol. The summed E-state index contributed by atoms with van der Waals surface area (Å²) in [7, 11) is 0. The lowest BCUT2D eigenvalue weighted by atomic mass is 9.84. The van der Waals surface area contributed by atoms with E-state index in [4.69, 9.17) is 16.6 Å². The fourth-order valence-corrected chi connectivity index (χ4v) is 5.37. The van der Waals surface area contributed by atoms with Crippen molar-refractivity contribution in [2.75, 3.05) is 19.6 Å². The maximum Gasteiger partial charge on any atom is 0.407 e. The number of carbonyl (C=O) groups is 2. The summed E-state index contributed by atoms with van der Waals surface area (Å²) in [4.78, 5) is 36.6. The van der Waals surface area contributed by atoms with Crippen LogP contribution in [-0.4, -0.2) is 62.6 Å². The molecule has 2 aliphatic rings. The van der Waals surface area contributed by atoms with Crippen molar-refractivity contribution in [2.45, 2.75) is 38.1 Å². The topological polar surface area (TPSA) is 86.6 Å². The van der Waals surface area contributed by atoms with Gasteiger partial charge in [-0.1, -0.05) is 17.7 Å². The van der Waals surface area contributed by atoms with Crippen LogP contribution in [0.5, 0.6) is 0 Å². The van der Waals surface area contributed by atoms with Crippen LogP contribution >= 0.6 is 11.6 Å². The SMILES string of the molecule is C[C@H]1CN(C(=O)O)CCN1C(=O)c1ccc2c(Cl)c3c(nc2c1)CC(c1ccc(F)cn1)CC3. The number of aromatic nitrogens is 2. The molecule has 176 valence electrons. The Morgan fingerprint density at radius 3 is 2.74 bits per heavy atom. The van der Waals surface area contributed by atoms with Crippen LogP contribution in [0.1, 0.15) is 46.6 Å². The van der Waals surface area contributed by atoms with Gasteiger partial charge in [-0.25, -0.2) is 9.18 Å². The van der Waals surface area contributed by atoms with Crippen molar-refractivity contribution in [1.29, 1.82) is 0 Å². The molecule has 2 atom stereocenters. The Balaban J connectivity index is 1.43. The maximum atomic E-state index is 13.3. The molecule has 1 aliphatic carbocycles. The number of hydrogen-bond donors (Lipinski definition) is 1. The number of amides is 2. The van der Waals surface area contributed by atoms with Gasteiger partial charge in [-0.3, -0.25) is 14.8 Å². The van der Waals surface area contributed by atoms with Crippen molar-refractivity contribution in [2.24, 2.45) is 0 Å². The van der Waals surface area contributed by atoms with E-state index in [9.17, 15) is 19.1 Å². The summed E-state index contributed by atoms with van der Waals surface area (Å²) >= 11 is 6.76. The normalized spacial score (nSPS) is 20.3. The number of rotatable bonds is 2. The van der Waals surface area contributed by atoms with Crippen molar-refractivity contribution in [3.63, 3.8) is 0 Å². The van der Waals surface area contributed by atoms with E-state index >= 15 is 0 Å². The number of hydrogen-bond acceptors (Lipinski definition) is 4. The number of fused-ring (bicyclic) bond motifs is 2. The molecule has 0 saturated carbocycles. The van der Waals surface area contributed by atoms with E-state index in [0.29, 0.717) is 29.1 Å². The van der Waals surface area contributed by atoms with Crippen LogP contribution in [0, 0.1) is 5.82 Å². The number of carboxylic acid groups (broad SMARTS) is 1. The molecule has 1 N–H and O–H groups in total. The highest BCUT2D eigenvalue weighted by molar-refractivity contribution is 6.36. The number of piperazine rings is 1. The molecule has 0 radical (unpaired) electrons. The molecule has 1 aliphatic heterocycles. The van der Waals surface area contributed by atoms with E-state index in [1.165, 1.54) is 17.2 Å². The first-order valence-electron chi connectivity index (χ1n) is 11.3. The lowest BCUT2D eigenvalue weighted by Gasteiger charge is -2.38. The summed E-state index contributed by atoms with van der Waals surface area (Å²) in [5, 5.41) is 10.7. The third-order valence-corrected chi connectivity index (χ3v) is 7.29. The number of carbonyl (C=O) groups excluding carboxylic acids is 1. The third kappa shape index (κ3) is 4.07. The Labute approximate surface area is 201 Å². The Kier molecular flexibility index (Phi) is 5.85. The molecule has 5 rings (SSSR count). The van der Waals surface area contributed by atoms with Gasteiger partial charge < -0.3 is 14.9 Å². The summed E-state index contributed by atoms with van der Waals surface area (Å²) in [5.41, 5.74) is 3.89. The van der Waals surface area contributed by atoms with Gasteiger partial charge in [0.05, 0.1) is 16.7 Å². The first-order valence-corrected chi connectivity index (χ1v) is 11.7. The predicted octanol–water partition coefficient (Wildman–Crippen LogP) is 4.52. The molecule has 9 heteroatoms. The molecule has 2 aromatic heterocycles. The van der Waals surface area contributed by atoms with E-state index in [0.717, 1.165) is 35.2 Å². The van der Waals surface area contributed by atoms with Gasteiger partial charge in [0.1, 0.15) is 5.82 Å². The first-order chi connectivity index (χ1) is 16.3. The second-order valence-corrected chi connectivity index (χ2v) is 9.38. The van der Waals surface area contributed by atoms with E-state index in [1.54, 1.807) is 23.1 Å². The highest BCUT2D eigenvalue weighted by atomic mass is 35.5. The molecule has 1 saturated heterocycles. The van der Waals surface area contributed by atoms with Gasteiger partial charge in [0.25, 0.3) is 5.91 Å². The second kappa shape index (κ2) is 8.83. The predicted molar refractivity (Wildman–Crippen MR) is 126 cm³/mol. The fraction of sp³-hybridized carbons (Fsp3) is 0.360. The summed E-state index contributed by atoms with van der Waals surface area (Å²) in [6.07, 6.45) is 2.53. The molecule has 2 amide bonds. The van der Waals surface area contributed by atoms with Crippen LogP contribution in [0.25, 0.3) is 10.9 Å². The van der Waals surface area contributed by atoms with E-state index in [-0.39, 0.29) is 36.8 Å². The molecule has 34 heavy (non-hydrogen) atoms. The van der Waals surface area contributed by atoms with Crippen LogP contribution in [0.15, 0.2) is 36.5 Å². The molecule has 3 aromatic rings. The lowest BCUT2D eigenvalue weighted by molar-refractivity contribution is 0.0484. The van der Waals surface area contributed by atoms with Gasteiger partial charge in [-0.15, -0.1) is 0 Å². The van der Waals surface area contributed by atoms with Crippen molar-refractivity contribution in [1.82, 2.24) is 19.8 Å². The molecule has 0 spiro atoms. The van der Waals surface area contributed by atoms with Crippen molar-refractivity contribution < 1.29 is 19.1 Å². The smallest absolute Gasteiger partial charge is 0.407 e. The first kappa shape index (κ1) is 22.5. The van der Waals surface area contributed by atoms with Crippen LogP contribution < -0.4 is 0 Å². The number of halogens is 2. The number of nitrogens with zero attached hydrogens (tertiary/aromatic N) is 4. The molecule has 3 heterocycles. The number of benzene rings is 1. The molecule has 1 fully saturated rings. The van der Waals surface area contributed by atoms with Crippen LogP contribution in [0.3, 0.4) is 0 Å². The van der Waals surface area contributed by atoms with Gasteiger partial charge >= 0.3 is 6.09 Å². The van der Waals surface area contributed by atoms with Crippen LogP contribution in [-0.2, 0) is 12.8 Å². The van der Waals surface area contributed by atoms with Crippen LogP contribution in [0.4, 0.5) is 9.18 Å². The Morgan fingerprint density at radius 1 is 1.21 bits per heavy atom. The molecule has 7 nitrogen and oxygen atoms in total. The molecule has 1 unspecified atom stereocenters. The summed E-state index contributed by atoms with van der Waals surface area (Å²) < 4.78 is 13.3. The third-order valence-electron chi connectivity index (χ3n) is 6.86. The largest absolute Gasteiger partial charge is 0.465 e. The average Bonchev–Trinajstić information content (AvgIpc) is 2.83. The summed E-state index contributed by atoms with van der Waals surface area (Å²) in [6, 6.07) is 8.28. The molecular formula is C25H24ClFN4O3. The van der Waals surface area contributed by atoms with E-state index in [1.807, 2.05) is 13.0 Å². The Bertz CT molecular complexity index is 1280. The highest BCUT2D eigenvalue weighted by Crippen LogP contribution is 2.38. The quantitative estimate of drug-likeness (QED) is 0.580. The highest BCUT2D eigenvalue weighted by Gasteiger charge is 2.31. The van der Waals surface area contributed by atoms with Gasteiger partial charge in [-0.05, 0) is 56.0 Å². The van der Waals surface area contributed by atoms with Gasteiger partial charge in [-0.2, -0.15) is 0 Å². The Hall–Kier alpha value is -3.26. The fourth-order valence-electron chi connectivity index (χ4n) is 5.00. The summed E-state index contributed by atoms with van der Waals surface area (Å²) in [6.45, 7) is 2.76. The summed E-state index contributed by atoms with van der Waals surface area (Å²) in [5.74, 6) is -0.378. The number of pyridine rings is 2.